The van der Waals surface area contributed by atoms with E-state index in [4.69, 9.17) is 4.74 Å². The van der Waals surface area contributed by atoms with Crippen LogP contribution in [0.5, 0.6) is 0 Å². The van der Waals surface area contributed by atoms with E-state index in [0.717, 1.165) is 22.4 Å². The fraction of sp³-hybridized carbons (Fsp3) is 0.412. The summed E-state index contributed by atoms with van der Waals surface area (Å²) in [5.74, 6) is 7.01. The Morgan fingerprint density at radius 2 is 2.18 bits per heavy atom. The van der Waals surface area contributed by atoms with Gasteiger partial charge in [0.2, 0.25) is 0 Å². The largest absolute Gasteiger partial charge is 0.444 e. The van der Waals surface area contributed by atoms with E-state index in [2.05, 4.69) is 27.1 Å². The number of rotatable bonds is 2. The number of H-pyrrole nitrogens is 1. The van der Waals surface area contributed by atoms with Gasteiger partial charge in [-0.05, 0) is 45.9 Å². The number of carbonyl (C=O) groups is 1. The van der Waals surface area contributed by atoms with E-state index in [1.807, 2.05) is 45.9 Å². The zero-order valence-corrected chi connectivity index (χ0v) is 13.4. The number of aromatic amines is 1. The molecule has 0 aliphatic carbocycles. The summed E-state index contributed by atoms with van der Waals surface area (Å²) in [5, 5.41) is 2.68. The lowest BCUT2D eigenvalue weighted by Crippen LogP contribution is -2.32. The number of aryl methyl sites for hydroxylation is 1. The van der Waals surface area contributed by atoms with Gasteiger partial charge in [0.05, 0.1) is 11.0 Å². The molecule has 0 bridgehead atoms. The van der Waals surface area contributed by atoms with Crippen LogP contribution in [0.4, 0.5) is 4.79 Å². The molecule has 1 heterocycles. The van der Waals surface area contributed by atoms with Crippen LogP contribution < -0.4 is 5.32 Å². The molecule has 0 spiro atoms. The molecule has 0 fully saturated rings. The minimum absolute atomic E-state index is 0.413. The topological polar surface area (TPSA) is 67.0 Å². The highest BCUT2D eigenvalue weighted by atomic mass is 16.6. The minimum Gasteiger partial charge on any atom is -0.444 e. The van der Waals surface area contributed by atoms with Gasteiger partial charge in [0.15, 0.2) is 0 Å². The zero-order valence-electron chi connectivity index (χ0n) is 13.4. The van der Waals surface area contributed by atoms with Gasteiger partial charge < -0.3 is 15.0 Å². The molecule has 5 nitrogen and oxygen atoms in total. The lowest BCUT2D eigenvalue weighted by Gasteiger charge is -2.19. The number of imidazole rings is 1. The summed E-state index contributed by atoms with van der Waals surface area (Å²) >= 11 is 0. The van der Waals surface area contributed by atoms with E-state index in [9.17, 15) is 4.79 Å². The Labute approximate surface area is 130 Å². The summed E-state index contributed by atoms with van der Waals surface area (Å²) in [5.41, 5.74) is 2.37. The normalized spacial score (nSPS) is 10.9. The number of benzene rings is 1. The molecule has 1 aromatic carbocycles. The highest BCUT2D eigenvalue weighted by molar-refractivity contribution is 5.76. The number of carbonyl (C=O) groups excluding carboxylic acids is 1. The van der Waals surface area contributed by atoms with Crippen molar-refractivity contribution in [1.82, 2.24) is 15.3 Å². The standard InChI is InChI=1S/C17H21N3O2/c1-12-19-14-9-8-13(11-15(14)20-12)7-5-6-10-18-16(21)22-17(2,3)4/h8-9,11H,6,10H2,1-4H3,(H,18,21)(H,19,20). The van der Waals surface area contributed by atoms with Crippen LogP contribution in [-0.4, -0.2) is 28.2 Å². The van der Waals surface area contributed by atoms with Crippen LogP contribution in [0.1, 0.15) is 38.6 Å². The van der Waals surface area contributed by atoms with E-state index >= 15 is 0 Å². The molecule has 1 aromatic heterocycles. The van der Waals surface area contributed by atoms with Crippen molar-refractivity contribution in [2.75, 3.05) is 6.54 Å². The SMILES string of the molecule is Cc1nc2ccc(C#CCCNC(=O)OC(C)(C)C)cc2[nH]1. The van der Waals surface area contributed by atoms with Gasteiger partial charge in [-0.25, -0.2) is 9.78 Å². The second kappa shape index (κ2) is 6.52. The first-order valence-corrected chi connectivity index (χ1v) is 7.25. The molecule has 2 rings (SSSR count). The van der Waals surface area contributed by atoms with Gasteiger partial charge in [-0.15, -0.1) is 0 Å². The molecule has 0 aliphatic heterocycles. The molecule has 1 amide bonds. The molecule has 0 radical (unpaired) electrons. The third-order valence-corrected chi connectivity index (χ3v) is 2.75. The maximum Gasteiger partial charge on any atom is 0.407 e. The second-order valence-corrected chi connectivity index (χ2v) is 6.03. The van der Waals surface area contributed by atoms with Gasteiger partial charge in [0.1, 0.15) is 11.4 Å². The Morgan fingerprint density at radius 1 is 1.41 bits per heavy atom. The first kappa shape index (κ1) is 15.9. The van der Waals surface area contributed by atoms with Crippen molar-refractivity contribution in [1.29, 1.82) is 0 Å². The van der Waals surface area contributed by atoms with Gasteiger partial charge in [0, 0.05) is 18.5 Å². The third kappa shape index (κ3) is 4.81. The molecule has 116 valence electrons. The van der Waals surface area contributed by atoms with Crippen LogP contribution >= 0.6 is 0 Å². The summed E-state index contributed by atoms with van der Waals surface area (Å²) < 4.78 is 5.14. The van der Waals surface area contributed by atoms with Crippen molar-refractivity contribution in [2.45, 2.75) is 39.7 Å². The summed E-state index contributed by atoms with van der Waals surface area (Å²) in [7, 11) is 0. The molecule has 0 unspecified atom stereocenters. The summed E-state index contributed by atoms with van der Waals surface area (Å²) in [6.45, 7) is 7.89. The highest BCUT2D eigenvalue weighted by Gasteiger charge is 2.15. The first-order valence-electron chi connectivity index (χ1n) is 7.25. The van der Waals surface area contributed by atoms with Crippen LogP contribution in [-0.2, 0) is 4.74 Å². The number of amides is 1. The Kier molecular flexibility index (Phi) is 4.71. The van der Waals surface area contributed by atoms with Crippen molar-refractivity contribution in [3.8, 4) is 11.8 Å². The Bertz CT molecular complexity index is 730. The second-order valence-electron chi connectivity index (χ2n) is 6.03. The fourth-order valence-electron chi connectivity index (χ4n) is 1.92. The number of alkyl carbamates (subject to hydrolysis) is 1. The molecule has 2 N–H and O–H groups in total. The number of ether oxygens (including phenoxy) is 1. The monoisotopic (exact) mass is 299 g/mol. The summed E-state index contributed by atoms with van der Waals surface area (Å²) in [6.07, 6.45) is 0.155. The third-order valence-electron chi connectivity index (χ3n) is 2.75. The number of nitrogens with one attached hydrogen (secondary N) is 2. The van der Waals surface area contributed by atoms with Crippen LogP contribution in [0.2, 0.25) is 0 Å². The fourth-order valence-corrected chi connectivity index (χ4v) is 1.92. The van der Waals surface area contributed by atoms with Crippen LogP contribution in [0, 0.1) is 18.8 Å². The predicted octanol–water partition coefficient (Wildman–Crippen LogP) is 3.14. The van der Waals surface area contributed by atoms with Gasteiger partial charge in [-0.2, -0.15) is 0 Å². The summed E-state index contributed by atoms with van der Waals surface area (Å²) in [4.78, 5) is 19.0. The molecule has 22 heavy (non-hydrogen) atoms. The molecule has 5 heteroatoms. The van der Waals surface area contributed by atoms with Crippen LogP contribution in [0.3, 0.4) is 0 Å². The molecular weight excluding hydrogens is 278 g/mol. The smallest absolute Gasteiger partial charge is 0.407 e. The lowest BCUT2D eigenvalue weighted by atomic mass is 10.2. The quantitative estimate of drug-likeness (QED) is 0.661. The number of hydrogen-bond donors (Lipinski definition) is 2. The molecule has 0 aliphatic rings. The van der Waals surface area contributed by atoms with Gasteiger partial charge in [-0.1, -0.05) is 11.8 Å². The van der Waals surface area contributed by atoms with E-state index in [-0.39, 0.29) is 0 Å². The number of nitrogens with zero attached hydrogens (tertiary/aromatic N) is 1. The van der Waals surface area contributed by atoms with Crippen molar-refractivity contribution in [3.63, 3.8) is 0 Å². The van der Waals surface area contributed by atoms with Crippen molar-refractivity contribution in [2.24, 2.45) is 0 Å². The Hall–Kier alpha value is -2.48. The maximum atomic E-state index is 11.4. The highest BCUT2D eigenvalue weighted by Crippen LogP contribution is 2.12. The van der Waals surface area contributed by atoms with Gasteiger partial charge >= 0.3 is 6.09 Å². The Balaban J connectivity index is 1.84. The maximum absolute atomic E-state index is 11.4. The lowest BCUT2D eigenvalue weighted by molar-refractivity contribution is 0.0529. The molecule has 0 atom stereocenters. The number of hydrogen-bond acceptors (Lipinski definition) is 3. The van der Waals surface area contributed by atoms with Gasteiger partial charge in [0.25, 0.3) is 0 Å². The molecule has 0 saturated heterocycles. The van der Waals surface area contributed by atoms with Crippen LogP contribution in [0.25, 0.3) is 11.0 Å². The van der Waals surface area contributed by atoms with E-state index in [1.165, 1.54) is 0 Å². The van der Waals surface area contributed by atoms with E-state index in [1.54, 1.807) is 0 Å². The van der Waals surface area contributed by atoms with E-state index < -0.39 is 11.7 Å². The average Bonchev–Trinajstić information content (AvgIpc) is 2.75. The number of fused-ring (bicyclic) bond motifs is 1. The van der Waals surface area contributed by atoms with Crippen molar-refractivity contribution in [3.05, 3.63) is 29.6 Å². The number of aromatic nitrogens is 2. The molecule has 2 aromatic rings. The average molecular weight is 299 g/mol. The van der Waals surface area contributed by atoms with Gasteiger partial charge in [-0.3, -0.25) is 0 Å². The minimum atomic E-state index is -0.479. The van der Waals surface area contributed by atoms with E-state index in [0.29, 0.717) is 13.0 Å². The van der Waals surface area contributed by atoms with Crippen molar-refractivity contribution < 1.29 is 9.53 Å². The van der Waals surface area contributed by atoms with Crippen LogP contribution in [0.15, 0.2) is 18.2 Å². The predicted molar refractivity (Wildman–Crippen MR) is 86.6 cm³/mol. The zero-order chi connectivity index (χ0) is 16.2. The Morgan fingerprint density at radius 3 is 2.91 bits per heavy atom. The first-order chi connectivity index (χ1) is 10.3. The summed E-state index contributed by atoms with van der Waals surface area (Å²) in [6, 6.07) is 5.86. The van der Waals surface area contributed by atoms with Crippen molar-refractivity contribution >= 4 is 17.1 Å². The molecular formula is C17H21N3O2. The molecule has 0 saturated carbocycles.